The second-order valence-electron chi connectivity index (χ2n) is 7.75. The summed E-state index contributed by atoms with van der Waals surface area (Å²) in [6, 6.07) is 0. The van der Waals surface area contributed by atoms with E-state index < -0.39 is 16.5 Å². The molecular formula is C14H32N4Si2. The first-order valence-electron chi connectivity index (χ1n) is 7.60. The maximum Gasteiger partial charge on any atom is 0.168 e. The van der Waals surface area contributed by atoms with Gasteiger partial charge in [0.2, 0.25) is 0 Å². The molecule has 0 aromatic carbocycles. The standard InChI is InChI=1S/C14H32N4Si2/c1-17(19(3,4)5)15-13-10-9-11-14(12-13)16-18(2)20(6,7)8/h9-12H2,1-8H3/b15-13-,16-14+. The SMILES string of the molecule is CN(/N=C1/CCC/C(=N\N(C)[Si](C)(C)C)C1)[Si](C)(C)C. The maximum absolute atomic E-state index is 4.85. The zero-order chi connectivity index (χ0) is 15.6. The van der Waals surface area contributed by atoms with Crippen LogP contribution >= 0.6 is 0 Å². The van der Waals surface area contributed by atoms with Crippen LogP contribution in [0.4, 0.5) is 0 Å². The van der Waals surface area contributed by atoms with Crippen molar-refractivity contribution in [3.63, 3.8) is 0 Å². The van der Waals surface area contributed by atoms with Gasteiger partial charge in [-0.25, -0.2) is 0 Å². The van der Waals surface area contributed by atoms with Gasteiger partial charge in [0, 0.05) is 31.9 Å². The van der Waals surface area contributed by atoms with Gasteiger partial charge in [-0.15, -0.1) is 0 Å². The summed E-state index contributed by atoms with van der Waals surface area (Å²) >= 11 is 0. The molecule has 0 N–H and O–H groups in total. The molecule has 0 spiro atoms. The van der Waals surface area contributed by atoms with Gasteiger partial charge in [-0.1, -0.05) is 39.3 Å². The zero-order valence-electron chi connectivity index (χ0n) is 14.6. The highest BCUT2D eigenvalue weighted by atomic mass is 28.3. The monoisotopic (exact) mass is 312 g/mol. The van der Waals surface area contributed by atoms with Crippen LogP contribution in [0.2, 0.25) is 39.3 Å². The first kappa shape index (κ1) is 17.4. The van der Waals surface area contributed by atoms with Crippen molar-refractivity contribution in [1.82, 2.24) is 9.35 Å². The molecule has 0 aromatic heterocycles. The highest BCUT2D eigenvalue weighted by molar-refractivity contribution is 6.73. The highest BCUT2D eigenvalue weighted by Gasteiger charge is 2.23. The smallest absolute Gasteiger partial charge is 0.168 e. The third-order valence-corrected chi connectivity index (χ3v) is 7.95. The van der Waals surface area contributed by atoms with Crippen molar-refractivity contribution < 1.29 is 0 Å². The summed E-state index contributed by atoms with van der Waals surface area (Å²) in [7, 11) is 1.60. The van der Waals surface area contributed by atoms with Crippen molar-refractivity contribution in [2.45, 2.75) is 65.0 Å². The van der Waals surface area contributed by atoms with Crippen molar-refractivity contribution in [3.05, 3.63) is 0 Å². The van der Waals surface area contributed by atoms with Gasteiger partial charge in [0.1, 0.15) is 0 Å². The number of rotatable bonds is 4. The first-order valence-corrected chi connectivity index (χ1v) is 14.5. The lowest BCUT2D eigenvalue weighted by Crippen LogP contribution is -2.41. The molecular weight excluding hydrogens is 280 g/mol. The topological polar surface area (TPSA) is 31.2 Å². The molecule has 0 heterocycles. The predicted octanol–water partition coefficient (Wildman–Crippen LogP) is 3.81. The van der Waals surface area contributed by atoms with E-state index in [1.54, 1.807) is 0 Å². The van der Waals surface area contributed by atoms with Crippen molar-refractivity contribution in [3.8, 4) is 0 Å². The Bertz CT molecular complexity index is 355. The summed E-state index contributed by atoms with van der Waals surface area (Å²) in [5, 5.41) is 9.70. The molecule has 1 aliphatic carbocycles. The summed E-state index contributed by atoms with van der Waals surface area (Å²) in [4.78, 5) is 0. The van der Waals surface area contributed by atoms with Crippen LogP contribution in [0.15, 0.2) is 10.2 Å². The fraction of sp³-hybridized carbons (Fsp3) is 0.857. The summed E-state index contributed by atoms with van der Waals surface area (Å²) in [6.45, 7) is 14.0. The lowest BCUT2D eigenvalue weighted by Gasteiger charge is -2.31. The molecule has 1 saturated carbocycles. The first-order chi connectivity index (χ1) is 9.00. The predicted molar refractivity (Wildman–Crippen MR) is 95.6 cm³/mol. The van der Waals surface area contributed by atoms with Crippen LogP contribution < -0.4 is 0 Å². The Hall–Kier alpha value is -0.626. The molecule has 6 heteroatoms. The Morgan fingerprint density at radius 3 is 1.40 bits per heavy atom. The number of nitrogens with zero attached hydrogens (tertiary/aromatic N) is 4. The van der Waals surface area contributed by atoms with Crippen LogP contribution in [0.3, 0.4) is 0 Å². The molecule has 1 rings (SSSR count). The quantitative estimate of drug-likeness (QED) is 0.584. The molecule has 4 nitrogen and oxygen atoms in total. The van der Waals surface area contributed by atoms with Gasteiger partial charge in [0.05, 0.1) is 0 Å². The van der Waals surface area contributed by atoms with Gasteiger partial charge in [0.25, 0.3) is 0 Å². The van der Waals surface area contributed by atoms with Crippen LogP contribution in [0, 0.1) is 0 Å². The molecule has 1 fully saturated rings. The minimum Gasteiger partial charge on any atom is -0.328 e. The fourth-order valence-corrected chi connectivity index (χ4v) is 2.69. The van der Waals surface area contributed by atoms with Gasteiger partial charge in [-0.2, -0.15) is 10.2 Å². The van der Waals surface area contributed by atoms with Gasteiger partial charge in [0.15, 0.2) is 16.5 Å². The van der Waals surface area contributed by atoms with Crippen LogP contribution in [0.1, 0.15) is 25.7 Å². The summed E-state index contributed by atoms with van der Waals surface area (Å²) in [6.07, 6.45) is 4.41. The summed E-state index contributed by atoms with van der Waals surface area (Å²) in [5.74, 6) is 0. The summed E-state index contributed by atoms with van der Waals surface area (Å²) in [5.41, 5.74) is 2.62. The zero-order valence-corrected chi connectivity index (χ0v) is 16.6. The normalized spacial score (nSPS) is 21.4. The third kappa shape index (κ3) is 5.40. The average Bonchev–Trinajstić information content (AvgIpc) is 2.26. The number of hydrogen-bond acceptors (Lipinski definition) is 4. The van der Waals surface area contributed by atoms with E-state index in [0.29, 0.717) is 0 Å². The van der Waals surface area contributed by atoms with E-state index in [4.69, 9.17) is 10.2 Å². The molecule has 0 amide bonds. The van der Waals surface area contributed by atoms with Crippen molar-refractivity contribution in [2.24, 2.45) is 10.2 Å². The van der Waals surface area contributed by atoms with E-state index >= 15 is 0 Å². The molecule has 0 aromatic rings. The third-order valence-electron chi connectivity index (χ3n) is 3.86. The molecule has 0 bridgehead atoms. The Balaban J connectivity index is 2.77. The second kappa shape index (κ2) is 6.43. The highest BCUT2D eigenvalue weighted by Crippen LogP contribution is 2.18. The summed E-state index contributed by atoms with van der Waals surface area (Å²) < 4.78 is 4.43. The van der Waals surface area contributed by atoms with E-state index in [-0.39, 0.29) is 0 Å². The Kier molecular flexibility index (Phi) is 5.60. The maximum atomic E-state index is 4.85. The van der Waals surface area contributed by atoms with Crippen molar-refractivity contribution in [1.29, 1.82) is 0 Å². The van der Waals surface area contributed by atoms with E-state index in [1.165, 1.54) is 17.8 Å². The molecule has 0 saturated heterocycles. The van der Waals surface area contributed by atoms with Crippen LogP contribution in [-0.4, -0.2) is 51.3 Å². The van der Waals surface area contributed by atoms with E-state index in [0.717, 1.165) is 19.3 Å². The van der Waals surface area contributed by atoms with Gasteiger partial charge in [-0.05, 0) is 19.3 Å². The molecule has 0 radical (unpaired) electrons. The van der Waals surface area contributed by atoms with Crippen LogP contribution in [0.25, 0.3) is 0 Å². The van der Waals surface area contributed by atoms with Crippen LogP contribution in [-0.2, 0) is 0 Å². The fourth-order valence-electron chi connectivity index (χ4n) is 1.80. The number of hydrazone groups is 2. The molecule has 0 atom stereocenters. The molecule has 116 valence electrons. The second-order valence-corrected chi connectivity index (χ2v) is 17.7. The number of hydrogen-bond donors (Lipinski definition) is 0. The Morgan fingerprint density at radius 1 is 0.750 bits per heavy atom. The van der Waals surface area contributed by atoms with Gasteiger partial charge >= 0.3 is 0 Å². The Labute approximate surface area is 127 Å². The minimum atomic E-state index is -1.33. The molecule has 20 heavy (non-hydrogen) atoms. The lowest BCUT2D eigenvalue weighted by molar-refractivity contribution is 0.535. The average molecular weight is 313 g/mol. The lowest BCUT2D eigenvalue weighted by atomic mass is 9.97. The molecule has 1 aliphatic rings. The molecule has 0 aliphatic heterocycles. The van der Waals surface area contributed by atoms with Gasteiger partial charge < -0.3 is 9.35 Å². The van der Waals surface area contributed by atoms with Gasteiger partial charge in [-0.3, -0.25) is 0 Å². The van der Waals surface area contributed by atoms with E-state index in [1.807, 2.05) is 0 Å². The van der Waals surface area contributed by atoms with E-state index in [9.17, 15) is 0 Å². The Morgan fingerprint density at radius 2 is 1.10 bits per heavy atom. The largest absolute Gasteiger partial charge is 0.328 e. The minimum absolute atomic E-state index is 0.962. The van der Waals surface area contributed by atoms with Crippen molar-refractivity contribution in [2.75, 3.05) is 14.1 Å². The van der Waals surface area contributed by atoms with E-state index in [2.05, 4.69) is 62.7 Å². The van der Waals surface area contributed by atoms with Crippen LogP contribution in [0.5, 0.6) is 0 Å². The van der Waals surface area contributed by atoms with Crippen molar-refractivity contribution >= 4 is 27.9 Å². The molecule has 0 unspecified atom stereocenters.